The highest BCUT2D eigenvalue weighted by Crippen LogP contribution is 2.25. The van der Waals surface area contributed by atoms with Crippen molar-refractivity contribution in [1.82, 2.24) is 4.90 Å². The molecular weight excluding hydrogens is 289 g/mol. The van der Waals surface area contributed by atoms with Crippen LogP contribution in [0.5, 0.6) is 5.75 Å². The van der Waals surface area contributed by atoms with E-state index in [1.165, 1.54) is 28.4 Å². The average molecular weight is 300 g/mol. The van der Waals surface area contributed by atoms with E-state index in [2.05, 4.69) is 0 Å². The minimum Gasteiger partial charge on any atom is -0.507 e. The SMILES string of the molecule is CN(Cc1ccc(Cl)s1)C(=O)c1c(O)cccc1F. The van der Waals surface area contributed by atoms with Gasteiger partial charge in [0, 0.05) is 11.9 Å². The number of thiophene rings is 1. The van der Waals surface area contributed by atoms with Gasteiger partial charge in [0.2, 0.25) is 0 Å². The molecule has 0 radical (unpaired) electrons. The van der Waals surface area contributed by atoms with Gasteiger partial charge in [-0.15, -0.1) is 11.3 Å². The summed E-state index contributed by atoms with van der Waals surface area (Å²) in [4.78, 5) is 14.3. The summed E-state index contributed by atoms with van der Waals surface area (Å²) in [6.45, 7) is 0.310. The van der Waals surface area contributed by atoms with Crippen LogP contribution >= 0.6 is 22.9 Å². The Balaban J connectivity index is 2.19. The monoisotopic (exact) mass is 299 g/mol. The number of carbonyl (C=O) groups is 1. The van der Waals surface area contributed by atoms with Crippen LogP contribution in [0, 0.1) is 5.82 Å². The minimum atomic E-state index is -0.735. The normalized spacial score (nSPS) is 10.5. The van der Waals surface area contributed by atoms with E-state index in [0.717, 1.165) is 10.9 Å². The third kappa shape index (κ3) is 3.05. The molecule has 0 spiro atoms. The highest BCUT2D eigenvalue weighted by Gasteiger charge is 2.20. The third-order valence-electron chi connectivity index (χ3n) is 2.57. The van der Waals surface area contributed by atoms with Crippen molar-refractivity contribution in [2.45, 2.75) is 6.54 Å². The minimum absolute atomic E-state index is 0.310. The molecule has 0 atom stereocenters. The molecule has 0 unspecified atom stereocenters. The second-order valence-electron chi connectivity index (χ2n) is 4.00. The highest BCUT2D eigenvalue weighted by atomic mass is 35.5. The third-order valence-corrected chi connectivity index (χ3v) is 3.79. The second kappa shape index (κ2) is 5.59. The molecule has 0 saturated carbocycles. The Morgan fingerprint density at radius 2 is 2.16 bits per heavy atom. The number of phenolic OH excluding ortho intramolecular Hbond substituents is 1. The molecule has 2 aromatic rings. The molecule has 0 bridgehead atoms. The number of amides is 1. The first-order chi connectivity index (χ1) is 8.99. The van der Waals surface area contributed by atoms with E-state index in [4.69, 9.17) is 11.6 Å². The summed E-state index contributed by atoms with van der Waals surface area (Å²) < 4.78 is 14.2. The lowest BCUT2D eigenvalue weighted by molar-refractivity contribution is 0.0778. The summed E-state index contributed by atoms with van der Waals surface area (Å²) in [5.74, 6) is -1.66. The van der Waals surface area contributed by atoms with Crippen LogP contribution in [0.4, 0.5) is 4.39 Å². The summed E-state index contributed by atoms with van der Waals surface area (Å²) in [5, 5.41) is 9.57. The standard InChI is InChI=1S/C13H11ClFNO2S/c1-16(7-8-5-6-11(14)19-8)13(18)12-9(15)3-2-4-10(12)17/h2-6,17H,7H2,1H3. The quantitative estimate of drug-likeness (QED) is 0.942. The van der Waals surface area contributed by atoms with E-state index >= 15 is 0 Å². The molecule has 19 heavy (non-hydrogen) atoms. The van der Waals surface area contributed by atoms with Gasteiger partial charge in [-0.3, -0.25) is 4.79 Å². The molecule has 1 aromatic heterocycles. The van der Waals surface area contributed by atoms with Gasteiger partial charge in [0.05, 0.1) is 10.9 Å². The van der Waals surface area contributed by atoms with Gasteiger partial charge < -0.3 is 10.0 Å². The summed E-state index contributed by atoms with van der Waals surface area (Å²) in [6.07, 6.45) is 0. The fraction of sp³-hybridized carbons (Fsp3) is 0.154. The van der Waals surface area contributed by atoms with E-state index < -0.39 is 11.7 Å². The summed E-state index contributed by atoms with van der Waals surface area (Å²) in [7, 11) is 1.54. The molecule has 2 rings (SSSR count). The van der Waals surface area contributed by atoms with Gasteiger partial charge in [0.25, 0.3) is 5.91 Å². The Morgan fingerprint density at radius 1 is 1.42 bits per heavy atom. The lowest BCUT2D eigenvalue weighted by atomic mass is 10.1. The van der Waals surface area contributed by atoms with Gasteiger partial charge in [-0.2, -0.15) is 0 Å². The van der Waals surface area contributed by atoms with Crippen LogP contribution in [0.1, 0.15) is 15.2 Å². The molecule has 1 heterocycles. The summed E-state index contributed by atoms with van der Waals surface area (Å²) in [5.41, 5.74) is -0.312. The number of rotatable bonds is 3. The number of benzene rings is 1. The number of aromatic hydroxyl groups is 1. The zero-order chi connectivity index (χ0) is 14.0. The molecule has 1 amide bonds. The van der Waals surface area contributed by atoms with E-state index in [0.29, 0.717) is 10.9 Å². The second-order valence-corrected chi connectivity index (χ2v) is 5.80. The topological polar surface area (TPSA) is 40.5 Å². The van der Waals surface area contributed by atoms with Gasteiger partial charge >= 0.3 is 0 Å². The van der Waals surface area contributed by atoms with Gasteiger partial charge in [-0.1, -0.05) is 17.7 Å². The first-order valence-electron chi connectivity index (χ1n) is 5.46. The molecule has 0 aliphatic carbocycles. The Kier molecular flexibility index (Phi) is 4.07. The van der Waals surface area contributed by atoms with Gasteiger partial charge in [-0.25, -0.2) is 4.39 Å². The Morgan fingerprint density at radius 3 is 2.74 bits per heavy atom. The molecule has 0 aliphatic rings. The van der Waals surface area contributed by atoms with Crippen molar-refractivity contribution in [1.29, 1.82) is 0 Å². The predicted octanol–water partition coefficient (Wildman–Crippen LogP) is 3.52. The molecule has 0 aliphatic heterocycles. The molecule has 1 N–H and O–H groups in total. The number of halogens is 2. The van der Waals surface area contributed by atoms with Crippen LogP contribution in [0.25, 0.3) is 0 Å². The lowest BCUT2D eigenvalue weighted by Gasteiger charge is -2.17. The van der Waals surface area contributed by atoms with Crippen molar-refractivity contribution in [3.05, 3.63) is 50.9 Å². The van der Waals surface area contributed by atoms with E-state index in [9.17, 15) is 14.3 Å². The number of phenols is 1. The summed E-state index contributed by atoms with van der Waals surface area (Å²) in [6, 6.07) is 7.31. The largest absolute Gasteiger partial charge is 0.507 e. The van der Waals surface area contributed by atoms with Crippen LogP contribution in [0.3, 0.4) is 0 Å². The zero-order valence-electron chi connectivity index (χ0n) is 10.1. The highest BCUT2D eigenvalue weighted by molar-refractivity contribution is 7.16. The molecule has 1 aromatic carbocycles. The van der Waals surface area contributed by atoms with Gasteiger partial charge in [-0.05, 0) is 24.3 Å². The van der Waals surface area contributed by atoms with Crippen molar-refractivity contribution >= 4 is 28.8 Å². The maximum absolute atomic E-state index is 13.6. The fourth-order valence-electron chi connectivity index (χ4n) is 1.66. The van der Waals surface area contributed by atoms with Gasteiger partial charge in [0.15, 0.2) is 0 Å². The number of hydrogen-bond donors (Lipinski definition) is 1. The first kappa shape index (κ1) is 13.8. The number of hydrogen-bond acceptors (Lipinski definition) is 3. The smallest absolute Gasteiger partial charge is 0.260 e. The molecule has 100 valence electrons. The molecule has 6 heteroatoms. The van der Waals surface area contributed by atoms with Crippen molar-refractivity contribution in [2.75, 3.05) is 7.05 Å². The molecule has 3 nitrogen and oxygen atoms in total. The van der Waals surface area contributed by atoms with Crippen LogP contribution in [-0.4, -0.2) is 23.0 Å². The number of carbonyl (C=O) groups excluding carboxylic acids is 1. The van der Waals surface area contributed by atoms with Crippen molar-refractivity contribution in [3.8, 4) is 5.75 Å². The Hall–Kier alpha value is -1.59. The zero-order valence-corrected chi connectivity index (χ0v) is 11.6. The van der Waals surface area contributed by atoms with Crippen LogP contribution in [0.15, 0.2) is 30.3 Å². The van der Waals surface area contributed by atoms with Crippen molar-refractivity contribution in [3.63, 3.8) is 0 Å². The molecule has 0 fully saturated rings. The first-order valence-corrected chi connectivity index (χ1v) is 6.65. The Bertz CT molecular complexity index is 594. The molecular formula is C13H11ClFNO2S. The fourth-order valence-corrected chi connectivity index (χ4v) is 2.80. The summed E-state index contributed by atoms with van der Waals surface area (Å²) >= 11 is 7.16. The predicted molar refractivity (Wildman–Crippen MR) is 73.2 cm³/mol. The van der Waals surface area contributed by atoms with E-state index in [1.807, 2.05) is 0 Å². The van der Waals surface area contributed by atoms with Crippen LogP contribution in [-0.2, 0) is 6.54 Å². The maximum atomic E-state index is 13.6. The van der Waals surface area contributed by atoms with Crippen molar-refractivity contribution in [2.24, 2.45) is 0 Å². The van der Waals surface area contributed by atoms with Crippen LogP contribution in [0.2, 0.25) is 4.34 Å². The lowest BCUT2D eigenvalue weighted by Crippen LogP contribution is -2.26. The van der Waals surface area contributed by atoms with Gasteiger partial charge in [0.1, 0.15) is 17.1 Å². The van der Waals surface area contributed by atoms with E-state index in [1.54, 1.807) is 19.2 Å². The average Bonchev–Trinajstić information content (AvgIpc) is 2.74. The van der Waals surface area contributed by atoms with Crippen molar-refractivity contribution < 1.29 is 14.3 Å². The van der Waals surface area contributed by atoms with Crippen LogP contribution < -0.4 is 0 Å². The Labute approximate surface area is 118 Å². The number of nitrogens with zero attached hydrogens (tertiary/aromatic N) is 1. The molecule has 0 saturated heterocycles. The van der Waals surface area contributed by atoms with E-state index in [-0.39, 0.29) is 11.3 Å². The maximum Gasteiger partial charge on any atom is 0.260 e.